The van der Waals surface area contributed by atoms with Crippen molar-refractivity contribution in [2.45, 2.75) is 37.4 Å². The number of benzene rings is 1. The third-order valence-corrected chi connectivity index (χ3v) is 5.26. The molecule has 1 heterocycles. The van der Waals surface area contributed by atoms with Gasteiger partial charge < -0.3 is 5.73 Å². The summed E-state index contributed by atoms with van der Waals surface area (Å²) in [5.41, 5.74) is 6.53. The first-order chi connectivity index (χ1) is 10.8. The second-order valence-electron chi connectivity index (χ2n) is 5.50. The monoisotopic (exact) mass is 348 g/mol. The first-order valence-electron chi connectivity index (χ1n) is 7.05. The van der Waals surface area contributed by atoms with Crippen molar-refractivity contribution < 1.29 is 22.0 Å². The van der Waals surface area contributed by atoms with E-state index in [1.165, 1.54) is 12.1 Å². The van der Waals surface area contributed by atoms with E-state index in [-0.39, 0.29) is 5.56 Å². The molecule has 1 aromatic heterocycles. The molecule has 0 amide bonds. The fourth-order valence-electron chi connectivity index (χ4n) is 2.93. The largest absolute Gasteiger partial charge is 0.443 e. The van der Waals surface area contributed by atoms with Gasteiger partial charge in [-0.2, -0.15) is 13.2 Å². The summed E-state index contributed by atoms with van der Waals surface area (Å²) >= 11 is 0.495. The van der Waals surface area contributed by atoms with Gasteiger partial charge in [0.25, 0.3) is 0 Å². The lowest BCUT2D eigenvalue weighted by Crippen LogP contribution is -2.20. The van der Waals surface area contributed by atoms with Crippen molar-refractivity contribution in [3.05, 3.63) is 51.0 Å². The Morgan fingerprint density at radius 1 is 1.22 bits per heavy atom. The number of hydrogen-bond acceptors (Lipinski definition) is 3. The molecule has 0 radical (unpaired) electrons. The van der Waals surface area contributed by atoms with Crippen molar-refractivity contribution in [1.29, 1.82) is 0 Å². The maximum atomic E-state index is 14.0. The summed E-state index contributed by atoms with van der Waals surface area (Å²) in [7, 11) is 0. The first kappa shape index (κ1) is 16.3. The minimum absolute atomic E-state index is 0.104. The van der Waals surface area contributed by atoms with Crippen LogP contribution in [0.1, 0.15) is 45.9 Å². The van der Waals surface area contributed by atoms with Crippen LogP contribution >= 0.6 is 11.3 Å². The summed E-state index contributed by atoms with van der Waals surface area (Å²) in [6.45, 7) is 0. The number of fused-ring (bicyclic) bond motifs is 1. The lowest BCUT2D eigenvalue weighted by atomic mass is 9.88. The lowest BCUT2D eigenvalue weighted by molar-refractivity contribution is -0.137. The zero-order valence-corrected chi connectivity index (χ0v) is 12.6. The highest BCUT2D eigenvalue weighted by molar-refractivity contribution is 7.12. The molecule has 23 heavy (non-hydrogen) atoms. The van der Waals surface area contributed by atoms with Crippen LogP contribution in [0.4, 0.5) is 22.0 Å². The number of thiazole rings is 1. The molecule has 2 unspecified atom stereocenters. The van der Waals surface area contributed by atoms with Crippen LogP contribution in [0.2, 0.25) is 0 Å². The van der Waals surface area contributed by atoms with Crippen LogP contribution < -0.4 is 5.73 Å². The normalized spacial score (nSPS) is 21.8. The van der Waals surface area contributed by atoms with Crippen molar-refractivity contribution in [3.8, 4) is 0 Å². The van der Waals surface area contributed by atoms with Gasteiger partial charge >= 0.3 is 6.18 Å². The molecule has 3 rings (SSSR count). The lowest BCUT2D eigenvalue weighted by Gasteiger charge is -2.22. The van der Waals surface area contributed by atoms with Crippen LogP contribution in [0.15, 0.2) is 18.2 Å². The van der Waals surface area contributed by atoms with E-state index in [1.807, 2.05) is 0 Å². The number of hydrogen-bond donors (Lipinski definition) is 1. The molecular weight excluding hydrogens is 335 g/mol. The summed E-state index contributed by atoms with van der Waals surface area (Å²) in [6.07, 6.45) is -3.20. The third kappa shape index (κ3) is 2.97. The quantitative estimate of drug-likeness (QED) is 0.606. The number of aryl methyl sites for hydroxylation is 1. The molecule has 0 spiro atoms. The maximum absolute atomic E-state index is 14.0. The molecule has 124 valence electrons. The van der Waals surface area contributed by atoms with Gasteiger partial charge in [0.1, 0.15) is 0 Å². The predicted octanol–water partition coefficient (Wildman–Crippen LogP) is 4.56. The third-order valence-electron chi connectivity index (χ3n) is 4.02. The fourth-order valence-corrected chi connectivity index (χ4v) is 3.98. The minimum atomic E-state index is -4.53. The van der Waals surface area contributed by atoms with Crippen molar-refractivity contribution in [1.82, 2.24) is 4.98 Å². The van der Waals surface area contributed by atoms with E-state index in [0.29, 0.717) is 41.2 Å². The van der Waals surface area contributed by atoms with E-state index >= 15 is 0 Å². The highest BCUT2D eigenvalue weighted by Crippen LogP contribution is 2.44. The van der Waals surface area contributed by atoms with E-state index in [1.54, 1.807) is 0 Å². The van der Waals surface area contributed by atoms with E-state index in [0.717, 1.165) is 6.07 Å². The van der Waals surface area contributed by atoms with Gasteiger partial charge in [0.15, 0.2) is 16.6 Å². The topological polar surface area (TPSA) is 38.9 Å². The molecule has 1 aliphatic rings. The Morgan fingerprint density at radius 3 is 2.65 bits per heavy atom. The molecule has 8 heteroatoms. The van der Waals surface area contributed by atoms with Gasteiger partial charge in [-0.15, -0.1) is 11.3 Å². The average molecular weight is 348 g/mol. The second-order valence-corrected chi connectivity index (χ2v) is 6.53. The molecular formula is C15H13F5N2S. The number of aromatic nitrogens is 1. The smallest absolute Gasteiger partial charge is 0.323 e. The Bertz CT molecular complexity index is 725. The number of nitrogens with zero attached hydrogens (tertiary/aromatic N) is 1. The Morgan fingerprint density at radius 2 is 1.96 bits per heavy atom. The molecule has 0 fully saturated rings. The van der Waals surface area contributed by atoms with Gasteiger partial charge in [-0.3, -0.25) is 0 Å². The van der Waals surface area contributed by atoms with Crippen molar-refractivity contribution in [2.75, 3.05) is 0 Å². The molecule has 2 aromatic rings. The molecule has 1 aromatic carbocycles. The molecule has 2 N–H and O–H groups in total. The molecule has 1 aliphatic carbocycles. The Kier molecular flexibility index (Phi) is 4.14. The number of halogens is 5. The number of rotatable bonds is 1. The summed E-state index contributed by atoms with van der Waals surface area (Å²) in [6, 6.07) is 2.97. The van der Waals surface area contributed by atoms with Crippen LogP contribution in [-0.2, 0) is 12.6 Å². The summed E-state index contributed by atoms with van der Waals surface area (Å²) in [5.74, 6) is -2.55. The average Bonchev–Trinajstić information content (AvgIpc) is 2.85. The van der Waals surface area contributed by atoms with Gasteiger partial charge in [0, 0.05) is 16.8 Å². The zero-order valence-electron chi connectivity index (χ0n) is 11.8. The fraction of sp³-hybridized carbons (Fsp3) is 0.400. The van der Waals surface area contributed by atoms with E-state index < -0.39 is 34.8 Å². The van der Waals surface area contributed by atoms with E-state index in [2.05, 4.69) is 4.98 Å². The Labute approximate surface area is 133 Å². The Hall–Kier alpha value is -1.54. The van der Waals surface area contributed by atoms with Gasteiger partial charge in [-0.25, -0.2) is 13.8 Å². The van der Waals surface area contributed by atoms with Gasteiger partial charge in [-0.05, 0) is 30.9 Å². The highest BCUT2D eigenvalue weighted by Gasteiger charge is 2.39. The van der Waals surface area contributed by atoms with Gasteiger partial charge in [0.2, 0.25) is 0 Å². The minimum Gasteiger partial charge on any atom is -0.323 e. The molecule has 0 aliphatic heterocycles. The zero-order chi connectivity index (χ0) is 16.8. The molecule has 0 bridgehead atoms. The molecule has 2 nitrogen and oxygen atoms in total. The van der Waals surface area contributed by atoms with E-state index in [9.17, 15) is 22.0 Å². The van der Waals surface area contributed by atoms with Gasteiger partial charge in [0.05, 0.1) is 5.69 Å². The molecule has 2 atom stereocenters. The van der Waals surface area contributed by atoms with Crippen LogP contribution in [0.5, 0.6) is 0 Å². The van der Waals surface area contributed by atoms with Gasteiger partial charge in [-0.1, -0.05) is 12.1 Å². The predicted molar refractivity (Wildman–Crippen MR) is 76.1 cm³/mol. The summed E-state index contributed by atoms with van der Waals surface area (Å²) in [4.78, 5) is 3.96. The van der Waals surface area contributed by atoms with E-state index in [4.69, 9.17) is 5.73 Å². The number of nitrogens with two attached hydrogens (primary N) is 1. The standard InChI is InChI=1S/C15H13F5N2S/c16-9-5-1-3-7(11(9)17)8-4-2-6-10-13(12(8)21)23-14(22-10)15(18,19)20/h1,3,5,8,12H,2,4,6,21H2. The molecule has 0 saturated carbocycles. The summed E-state index contributed by atoms with van der Waals surface area (Å²) in [5, 5.41) is -0.946. The van der Waals surface area contributed by atoms with Crippen molar-refractivity contribution >= 4 is 11.3 Å². The van der Waals surface area contributed by atoms with Crippen LogP contribution in [-0.4, -0.2) is 4.98 Å². The van der Waals surface area contributed by atoms with Crippen LogP contribution in [0.3, 0.4) is 0 Å². The number of alkyl halides is 3. The SMILES string of the molecule is NC1c2sc(C(F)(F)F)nc2CCCC1c1cccc(F)c1F. The first-order valence-corrected chi connectivity index (χ1v) is 7.87. The highest BCUT2D eigenvalue weighted by atomic mass is 32.1. The second kappa shape index (κ2) is 5.83. The van der Waals surface area contributed by atoms with Crippen LogP contribution in [0, 0.1) is 11.6 Å². The van der Waals surface area contributed by atoms with Crippen molar-refractivity contribution in [2.24, 2.45) is 5.73 Å². The summed E-state index contributed by atoms with van der Waals surface area (Å²) < 4.78 is 66.0. The van der Waals surface area contributed by atoms with Crippen LogP contribution in [0.25, 0.3) is 0 Å². The molecule has 0 saturated heterocycles. The van der Waals surface area contributed by atoms with Crippen molar-refractivity contribution in [3.63, 3.8) is 0 Å². The maximum Gasteiger partial charge on any atom is 0.443 e. The Balaban J connectivity index is 2.03.